The van der Waals surface area contributed by atoms with Gasteiger partial charge in [0.15, 0.2) is 0 Å². The molecule has 1 saturated carbocycles. The molecule has 1 amide bonds. The Kier molecular flexibility index (Phi) is 4.22. The summed E-state index contributed by atoms with van der Waals surface area (Å²) in [6.07, 6.45) is 5.62. The van der Waals surface area contributed by atoms with Crippen LogP contribution in [0, 0.1) is 12.8 Å². The summed E-state index contributed by atoms with van der Waals surface area (Å²) in [6.45, 7) is 1.84. The number of nitrogens with zero attached hydrogens (tertiary/aromatic N) is 4. The second-order valence-electron chi connectivity index (χ2n) is 5.90. The van der Waals surface area contributed by atoms with Gasteiger partial charge in [-0.25, -0.2) is 9.50 Å². The first-order valence-electron chi connectivity index (χ1n) is 7.78. The Morgan fingerprint density at radius 2 is 2.09 bits per heavy atom. The molecule has 0 bridgehead atoms. The molecule has 23 heavy (non-hydrogen) atoms. The number of aromatic nitrogens is 4. The molecule has 122 valence electrons. The Hall–Kier alpha value is -2.51. The number of hydrogen-bond acceptors (Lipinski definition) is 5. The molecular formula is C15H19N5O3. The van der Waals surface area contributed by atoms with Gasteiger partial charge >= 0.3 is 5.97 Å². The third-order valence-electron chi connectivity index (χ3n) is 4.28. The van der Waals surface area contributed by atoms with Crippen LogP contribution in [0.4, 0.5) is 0 Å². The highest BCUT2D eigenvalue weighted by Crippen LogP contribution is 2.24. The summed E-state index contributed by atoms with van der Waals surface area (Å²) in [5.74, 6) is -1.50. The fraction of sp³-hybridized carbons (Fsp3) is 0.533. The maximum Gasteiger partial charge on any atom is 0.308 e. The van der Waals surface area contributed by atoms with E-state index in [1.165, 1.54) is 4.52 Å². The van der Waals surface area contributed by atoms with Crippen LogP contribution < -0.4 is 5.32 Å². The van der Waals surface area contributed by atoms with Crippen LogP contribution in [0.2, 0.25) is 0 Å². The van der Waals surface area contributed by atoms with E-state index in [9.17, 15) is 14.7 Å². The van der Waals surface area contributed by atoms with Crippen molar-refractivity contribution < 1.29 is 14.7 Å². The highest BCUT2D eigenvalue weighted by molar-refractivity contribution is 5.91. The summed E-state index contributed by atoms with van der Waals surface area (Å²) < 4.78 is 1.50. The van der Waals surface area contributed by atoms with E-state index in [1.807, 2.05) is 6.92 Å². The van der Waals surface area contributed by atoms with Gasteiger partial charge in [0.25, 0.3) is 11.7 Å². The smallest absolute Gasteiger partial charge is 0.308 e. The molecule has 0 saturated heterocycles. The van der Waals surface area contributed by atoms with E-state index < -0.39 is 17.8 Å². The summed E-state index contributed by atoms with van der Waals surface area (Å²) >= 11 is 0. The van der Waals surface area contributed by atoms with Gasteiger partial charge in [-0.3, -0.25) is 9.59 Å². The lowest BCUT2D eigenvalue weighted by molar-refractivity contribution is -0.142. The second-order valence-corrected chi connectivity index (χ2v) is 5.90. The standard InChI is InChI=1S/C15H19N5O3/c1-9-7-8-16-15-18-12(19-20(9)15)13(21)17-11-6-4-2-3-5-10(11)14(22)23/h7-8,10-11H,2-6H2,1H3,(H,17,21)(H,22,23)/t10-,11+/m1/s1. The van der Waals surface area contributed by atoms with Crippen LogP contribution in [-0.4, -0.2) is 42.6 Å². The van der Waals surface area contributed by atoms with E-state index >= 15 is 0 Å². The average molecular weight is 317 g/mol. The molecule has 2 atom stereocenters. The predicted molar refractivity (Wildman–Crippen MR) is 81.0 cm³/mol. The van der Waals surface area contributed by atoms with E-state index in [-0.39, 0.29) is 11.9 Å². The van der Waals surface area contributed by atoms with Gasteiger partial charge in [-0.2, -0.15) is 4.98 Å². The SMILES string of the molecule is Cc1ccnc2nc(C(=O)N[C@H]3CCCCC[C@H]3C(=O)O)nn12. The van der Waals surface area contributed by atoms with Crippen molar-refractivity contribution in [3.63, 3.8) is 0 Å². The molecule has 0 aromatic carbocycles. The summed E-state index contributed by atoms with van der Waals surface area (Å²) in [4.78, 5) is 32.0. The molecule has 8 nitrogen and oxygen atoms in total. The number of carbonyl (C=O) groups is 2. The van der Waals surface area contributed by atoms with Crippen LogP contribution >= 0.6 is 0 Å². The first-order chi connectivity index (χ1) is 11.1. The monoisotopic (exact) mass is 317 g/mol. The summed E-state index contributed by atoms with van der Waals surface area (Å²) in [5, 5.41) is 16.3. The minimum atomic E-state index is -0.863. The molecule has 0 radical (unpaired) electrons. The predicted octanol–water partition coefficient (Wildman–Crippen LogP) is 1.20. The number of amides is 1. The van der Waals surface area contributed by atoms with Crippen LogP contribution in [0.1, 0.15) is 48.4 Å². The Labute approximate surface area is 132 Å². The highest BCUT2D eigenvalue weighted by Gasteiger charge is 2.31. The second kappa shape index (κ2) is 6.31. The summed E-state index contributed by atoms with van der Waals surface area (Å²) in [7, 11) is 0. The Morgan fingerprint density at radius 3 is 2.83 bits per heavy atom. The number of carboxylic acid groups (broad SMARTS) is 1. The topological polar surface area (TPSA) is 109 Å². The molecule has 8 heteroatoms. The molecule has 2 aromatic heterocycles. The molecule has 1 aliphatic carbocycles. The molecule has 0 aliphatic heterocycles. The van der Waals surface area contributed by atoms with Crippen molar-refractivity contribution in [1.82, 2.24) is 24.9 Å². The number of aryl methyl sites for hydroxylation is 1. The van der Waals surface area contributed by atoms with Crippen molar-refractivity contribution in [2.24, 2.45) is 5.92 Å². The lowest BCUT2D eigenvalue weighted by Gasteiger charge is -2.22. The van der Waals surface area contributed by atoms with Crippen molar-refractivity contribution in [2.75, 3.05) is 0 Å². The Bertz CT molecular complexity index is 742. The molecular weight excluding hydrogens is 298 g/mol. The van der Waals surface area contributed by atoms with Crippen molar-refractivity contribution in [2.45, 2.75) is 45.1 Å². The maximum absolute atomic E-state index is 12.4. The number of nitrogens with one attached hydrogen (secondary N) is 1. The van der Waals surface area contributed by atoms with E-state index in [0.717, 1.165) is 25.0 Å². The van der Waals surface area contributed by atoms with Crippen LogP contribution in [0.5, 0.6) is 0 Å². The maximum atomic E-state index is 12.4. The Balaban J connectivity index is 1.81. The summed E-state index contributed by atoms with van der Waals surface area (Å²) in [6, 6.07) is 1.39. The minimum absolute atomic E-state index is 0.0141. The fourth-order valence-electron chi connectivity index (χ4n) is 3.01. The minimum Gasteiger partial charge on any atom is -0.481 e. The van der Waals surface area contributed by atoms with Gasteiger partial charge in [0.1, 0.15) is 0 Å². The van der Waals surface area contributed by atoms with Crippen molar-refractivity contribution in [1.29, 1.82) is 0 Å². The van der Waals surface area contributed by atoms with Gasteiger partial charge in [0, 0.05) is 17.9 Å². The van der Waals surface area contributed by atoms with Gasteiger partial charge in [-0.05, 0) is 25.8 Å². The molecule has 2 heterocycles. The molecule has 3 rings (SSSR count). The lowest BCUT2D eigenvalue weighted by Crippen LogP contribution is -2.43. The van der Waals surface area contributed by atoms with Gasteiger partial charge < -0.3 is 10.4 Å². The fourth-order valence-corrected chi connectivity index (χ4v) is 3.01. The van der Waals surface area contributed by atoms with Crippen molar-refractivity contribution in [3.05, 3.63) is 23.8 Å². The van der Waals surface area contributed by atoms with E-state index in [0.29, 0.717) is 18.6 Å². The lowest BCUT2D eigenvalue weighted by atomic mass is 9.95. The zero-order chi connectivity index (χ0) is 16.4. The molecule has 2 N–H and O–H groups in total. The van der Waals surface area contributed by atoms with Crippen molar-refractivity contribution >= 4 is 17.7 Å². The van der Waals surface area contributed by atoms with Gasteiger partial charge in [-0.15, -0.1) is 5.10 Å². The number of hydrogen-bond donors (Lipinski definition) is 2. The number of carboxylic acids is 1. The van der Waals surface area contributed by atoms with E-state index in [4.69, 9.17) is 0 Å². The van der Waals surface area contributed by atoms with E-state index in [1.54, 1.807) is 12.3 Å². The number of carbonyl (C=O) groups excluding carboxylic acids is 1. The van der Waals surface area contributed by atoms with Gasteiger partial charge in [0.05, 0.1) is 5.92 Å². The van der Waals surface area contributed by atoms with Crippen LogP contribution in [-0.2, 0) is 4.79 Å². The molecule has 1 aliphatic rings. The van der Waals surface area contributed by atoms with Gasteiger partial charge in [0.2, 0.25) is 5.82 Å². The third-order valence-corrected chi connectivity index (χ3v) is 4.28. The van der Waals surface area contributed by atoms with Crippen molar-refractivity contribution in [3.8, 4) is 0 Å². The number of aliphatic carboxylic acids is 1. The average Bonchev–Trinajstić information content (AvgIpc) is 2.82. The zero-order valence-electron chi connectivity index (χ0n) is 12.9. The quantitative estimate of drug-likeness (QED) is 0.823. The highest BCUT2D eigenvalue weighted by atomic mass is 16.4. The summed E-state index contributed by atoms with van der Waals surface area (Å²) in [5.41, 5.74) is 0.819. The van der Waals surface area contributed by atoms with Crippen LogP contribution in [0.25, 0.3) is 5.78 Å². The first-order valence-corrected chi connectivity index (χ1v) is 7.78. The largest absolute Gasteiger partial charge is 0.481 e. The van der Waals surface area contributed by atoms with Gasteiger partial charge in [-0.1, -0.05) is 19.3 Å². The van der Waals surface area contributed by atoms with E-state index in [2.05, 4.69) is 20.4 Å². The van der Waals surface area contributed by atoms with Crippen LogP contribution in [0.3, 0.4) is 0 Å². The molecule has 0 spiro atoms. The molecule has 2 aromatic rings. The Morgan fingerprint density at radius 1 is 1.30 bits per heavy atom. The number of rotatable bonds is 3. The third kappa shape index (κ3) is 3.15. The number of fused-ring (bicyclic) bond motifs is 1. The zero-order valence-corrected chi connectivity index (χ0v) is 12.9. The van der Waals surface area contributed by atoms with Crippen LogP contribution in [0.15, 0.2) is 12.3 Å². The molecule has 1 fully saturated rings. The normalized spacial score (nSPS) is 21.8. The molecule has 0 unspecified atom stereocenters. The first kappa shape index (κ1) is 15.4.